The van der Waals surface area contributed by atoms with E-state index >= 15 is 0 Å². The molecule has 2 N–H and O–H groups in total. The third-order valence-electron chi connectivity index (χ3n) is 3.84. The van der Waals surface area contributed by atoms with Crippen LogP contribution < -0.4 is 5.32 Å². The molecule has 1 fully saturated rings. The van der Waals surface area contributed by atoms with E-state index in [9.17, 15) is 14.7 Å². The van der Waals surface area contributed by atoms with Crippen LogP contribution in [0.3, 0.4) is 0 Å². The Morgan fingerprint density at radius 1 is 1.25 bits per heavy atom. The predicted octanol–water partition coefficient (Wildman–Crippen LogP) is 2.40. The van der Waals surface area contributed by atoms with E-state index in [4.69, 9.17) is 0 Å². The predicted molar refractivity (Wildman–Crippen MR) is 75.4 cm³/mol. The number of aliphatic carboxylic acids is 1. The minimum absolute atomic E-state index is 0.222. The summed E-state index contributed by atoms with van der Waals surface area (Å²) in [5, 5.41) is 11.9. The highest BCUT2D eigenvalue weighted by Crippen LogP contribution is 2.23. The third kappa shape index (κ3) is 3.29. The fraction of sp³-hybridized carbons (Fsp3) is 0.467. The average molecular weight is 276 g/mol. The molecular formula is C15H20N2O3. The molecule has 5 heteroatoms. The van der Waals surface area contributed by atoms with Crippen LogP contribution in [0.5, 0.6) is 0 Å². The van der Waals surface area contributed by atoms with Crippen LogP contribution in [-0.4, -0.2) is 35.1 Å². The highest BCUT2D eigenvalue weighted by atomic mass is 16.4. The molecule has 1 aromatic rings. The van der Waals surface area contributed by atoms with Crippen molar-refractivity contribution in [3.8, 4) is 0 Å². The first-order chi connectivity index (χ1) is 9.59. The zero-order valence-electron chi connectivity index (χ0n) is 11.6. The number of nitrogens with one attached hydrogen (secondary N) is 1. The molecule has 2 rings (SSSR count). The van der Waals surface area contributed by atoms with Crippen LogP contribution >= 0.6 is 0 Å². The van der Waals surface area contributed by atoms with Gasteiger partial charge in [0, 0.05) is 13.1 Å². The summed E-state index contributed by atoms with van der Waals surface area (Å²) in [6.45, 7) is 0. The van der Waals surface area contributed by atoms with Crippen molar-refractivity contribution in [2.75, 3.05) is 7.05 Å². The summed E-state index contributed by atoms with van der Waals surface area (Å²) in [6.07, 6.45) is 4.24. The molecule has 0 aliphatic heterocycles. The van der Waals surface area contributed by atoms with E-state index in [2.05, 4.69) is 5.32 Å². The van der Waals surface area contributed by atoms with Crippen molar-refractivity contribution in [2.24, 2.45) is 0 Å². The van der Waals surface area contributed by atoms with E-state index in [1.54, 1.807) is 36.2 Å². The largest absolute Gasteiger partial charge is 0.479 e. The summed E-state index contributed by atoms with van der Waals surface area (Å²) in [5.74, 6) is -1.05. The molecule has 0 spiro atoms. The molecule has 108 valence electrons. The molecule has 1 aromatic carbocycles. The fourth-order valence-corrected chi connectivity index (χ4v) is 2.62. The zero-order chi connectivity index (χ0) is 14.5. The van der Waals surface area contributed by atoms with E-state index < -0.39 is 12.0 Å². The number of amides is 2. The second-order valence-electron chi connectivity index (χ2n) is 5.18. The molecule has 0 unspecified atom stereocenters. The Morgan fingerprint density at radius 2 is 1.85 bits per heavy atom. The number of rotatable bonds is 4. The topological polar surface area (TPSA) is 69.6 Å². The highest BCUT2D eigenvalue weighted by Gasteiger charge is 2.27. The summed E-state index contributed by atoms with van der Waals surface area (Å²) in [7, 11) is 1.73. The van der Waals surface area contributed by atoms with Gasteiger partial charge in [0.2, 0.25) is 0 Å². The number of hydrogen-bond donors (Lipinski definition) is 2. The Labute approximate surface area is 118 Å². The number of carbonyl (C=O) groups is 2. The fourth-order valence-electron chi connectivity index (χ4n) is 2.62. The summed E-state index contributed by atoms with van der Waals surface area (Å²) in [5.41, 5.74) is 0.577. The molecule has 0 saturated heterocycles. The van der Waals surface area contributed by atoms with E-state index in [0.29, 0.717) is 5.56 Å². The van der Waals surface area contributed by atoms with Crippen molar-refractivity contribution in [3.63, 3.8) is 0 Å². The van der Waals surface area contributed by atoms with Crippen molar-refractivity contribution >= 4 is 12.0 Å². The third-order valence-corrected chi connectivity index (χ3v) is 3.84. The molecule has 0 heterocycles. The number of carbonyl (C=O) groups excluding carboxylic acids is 1. The van der Waals surface area contributed by atoms with Gasteiger partial charge in [-0.15, -0.1) is 0 Å². The number of nitrogens with zero attached hydrogens (tertiary/aromatic N) is 1. The lowest BCUT2D eigenvalue weighted by molar-refractivity contribution is -0.139. The standard InChI is InChI=1S/C15H20N2O3/c1-17(12-9-5-6-10-12)15(20)16-13(14(18)19)11-7-3-2-4-8-11/h2-4,7-8,12-13H,5-6,9-10H2,1H3,(H,16,20)(H,18,19)/t13-/m1/s1. The lowest BCUT2D eigenvalue weighted by atomic mass is 10.1. The van der Waals surface area contributed by atoms with Gasteiger partial charge in [0.1, 0.15) is 0 Å². The van der Waals surface area contributed by atoms with Gasteiger partial charge in [0.15, 0.2) is 6.04 Å². The van der Waals surface area contributed by atoms with Crippen LogP contribution in [0.2, 0.25) is 0 Å². The number of hydrogen-bond acceptors (Lipinski definition) is 2. The number of urea groups is 1. The van der Waals surface area contributed by atoms with Crippen LogP contribution in [0.1, 0.15) is 37.3 Å². The molecule has 1 atom stereocenters. The van der Waals surface area contributed by atoms with Crippen LogP contribution in [-0.2, 0) is 4.79 Å². The maximum Gasteiger partial charge on any atom is 0.330 e. The van der Waals surface area contributed by atoms with Gasteiger partial charge >= 0.3 is 12.0 Å². The van der Waals surface area contributed by atoms with Crippen LogP contribution in [0, 0.1) is 0 Å². The van der Waals surface area contributed by atoms with Crippen LogP contribution in [0.4, 0.5) is 4.79 Å². The van der Waals surface area contributed by atoms with Gasteiger partial charge in [-0.2, -0.15) is 0 Å². The molecule has 0 aromatic heterocycles. The van der Waals surface area contributed by atoms with Crippen molar-refractivity contribution in [2.45, 2.75) is 37.8 Å². The summed E-state index contributed by atoms with van der Waals surface area (Å²) in [4.78, 5) is 25.1. The van der Waals surface area contributed by atoms with Gasteiger partial charge in [0.25, 0.3) is 0 Å². The quantitative estimate of drug-likeness (QED) is 0.887. The van der Waals surface area contributed by atoms with E-state index in [1.807, 2.05) is 6.07 Å². The number of carboxylic acid groups (broad SMARTS) is 1. The first-order valence-corrected chi connectivity index (χ1v) is 6.90. The maximum atomic E-state index is 12.2. The average Bonchev–Trinajstić information content (AvgIpc) is 2.98. The Morgan fingerprint density at radius 3 is 2.40 bits per heavy atom. The second-order valence-corrected chi connectivity index (χ2v) is 5.18. The normalized spacial score (nSPS) is 16.6. The Hall–Kier alpha value is -2.04. The molecule has 1 aliphatic rings. The van der Waals surface area contributed by atoms with Gasteiger partial charge in [0.05, 0.1) is 0 Å². The van der Waals surface area contributed by atoms with Crippen molar-refractivity contribution in [3.05, 3.63) is 35.9 Å². The highest BCUT2D eigenvalue weighted by molar-refractivity contribution is 5.83. The van der Waals surface area contributed by atoms with Gasteiger partial charge in [-0.05, 0) is 18.4 Å². The first kappa shape index (κ1) is 14.4. The lowest BCUT2D eigenvalue weighted by Crippen LogP contribution is -2.45. The second kappa shape index (κ2) is 6.41. The van der Waals surface area contributed by atoms with Gasteiger partial charge in [-0.25, -0.2) is 9.59 Å². The van der Waals surface area contributed by atoms with Crippen molar-refractivity contribution in [1.29, 1.82) is 0 Å². The number of benzene rings is 1. The first-order valence-electron chi connectivity index (χ1n) is 6.90. The van der Waals surface area contributed by atoms with Crippen LogP contribution in [0.15, 0.2) is 30.3 Å². The smallest absolute Gasteiger partial charge is 0.330 e. The molecule has 1 saturated carbocycles. The van der Waals surface area contributed by atoms with E-state index in [-0.39, 0.29) is 12.1 Å². The monoisotopic (exact) mass is 276 g/mol. The van der Waals surface area contributed by atoms with Gasteiger partial charge in [-0.1, -0.05) is 43.2 Å². The molecule has 5 nitrogen and oxygen atoms in total. The SMILES string of the molecule is CN(C(=O)N[C@@H](C(=O)O)c1ccccc1)C1CCCC1. The van der Waals surface area contributed by atoms with Gasteiger partial charge in [-0.3, -0.25) is 0 Å². The van der Waals surface area contributed by atoms with Gasteiger partial charge < -0.3 is 15.3 Å². The van der Waals surface area contributed by atoms with E-state index in [0.717, 1.165) is 25.7 Å². The Kier molecular flexibility index (Phi) is 4.61. The summed E-state index contributed by atoms with van der Waals surface area (Å²) in [6, 6.07) is 7.63. The van der Waals surface area contributed by atoms with E-state index in [1.165, 1.54) is 0 Å². The molecule has 0 bridgehead atoms. The minimum atomic E-state index is -1.05. The molecule has 0 radical (unpaired) electrons. The Balaban J connectivity index is 2.04. The molecule has 1 aliphatic carbocycles. The lowest BCUT2D eigenvalue weighted by Gasteiger charge is -2.26. The van der Waals surface area contributed by atoms with Crippen molar-refractivity contribution in [1.82, 2.24) is 10.2 Å². The Bertz CT molecular complexity index is 469. The molecule has 20 heavy (non-hydrogen) atoms. The summed E-state index contributed by atoms with van der Waals surface area (Å²) >= 11 is 0. The number of carboxylic acids is 1. The minimum Gasteiger partial charge on any atom is -0.479 e. The van der Waals surface area contributed by atoms with Crippen molar-refractivity contribution < 1.29 is 14.7 Å². The summed E-state index contributed by atoms with van der Waals surface area (Å²) < 4.78 is 0. The maximum absolute atomic E-state index is 12.2. The van der Waals surface area contributed by atoms with Crippen LogP contribution in [0.25, 0.3) is 0 Å². The molecular weight excluding hydrogens is 256 g/mol. The zero-order valence-corrected chi connectivity index (χ0v) is 11.6. The molecule has 2 amide bonds.